The third kappa shape index (κ3) is 2.77. The smallest absolute Gasteiger partial charge is 0.184 e. The highest BCUT2D eigenvalue weighted by atomic mass is 32.1. The van der Waals surface area contributed by atoms with Crippen LogP contribution in [-0.2, 0) is 13.0 Å². The first kappa shape index (κ1) is 12.6. The molecule has 0 unspecified atom stereocenters. The van der Waals surface area contributed by atoms with Gasteiger partial charge in [0.25, 0.3) is 0 Å². The number of hydrogen-bond donors (Lipinski definition) is 1. The van der Waals surface area contributed by atoms with E-state index in [2.05, 4.69) is 29.4 Å². The number of thiophene rings is 1. The molecule has 2 heterocycles. The minimum atomic E-state index is -0.214. The second kappa shape index (κ2) is 5.27. The summed E-state index contributed by atoms with van der Waals surface area (Å²) in [6.07, 6.45) is 1.07. The van der Waals surface area contributed by atoms with Crippen molar-refractivity contribution in [3.05, 3.63) is 45.9 Å². The van der Waals surface area contributed by atoms with Gasteiger partial charge in [0.15, 0.2) is 5.13 Å². The SMILES string of the molecule is CCc1ccc(CNc2nc3ccc(F)cc3s2)s1. The van der Waals surface area contributed by atoms with Gasteiger partial charge in [-0.05, 0) is 36.8 Å². The molecular formula is C14H13FN2S2. The van der Waals surface area contributed by atoms with Gasteiger partial charge in [-0.25, -0.2) is 9.37 Å². The van der Waals surface area contributed by atoms with E-state index in [4.69, 9.17) is 0 Å². The van der Waals surface area contributed by atoms with Crippen molar-refractivity contribution in [2.45, 2.75) is 19.9 Å². The zero-order valence-corrected chi connectivity index (χ0v) is 12.1. The molecule has 0 radical (unpaired) electrons. The lowest BCUT2D eigenvalue weighted by Crippen LogP contribution is -1.95. The van der Waals surface area contributed by atoms with E-state index in [1.165, 1.54) is 33.2 Å². The zero-order chi connectivity index (χ0) is 13.2. The average molecular weight is 292 g/mol. The number of aromatic nitrogens is 1. The van der Waals surface area contributed by atoms with Crippen LogP contribution in [0.15, 0.2) is 30.3 Å². The maximum absolute atomic E-state index is 13.1. The molecule has 0 fully saturated rings. The van der Waals surface area contributed by atoms with Gasteiger partial charge in [0.1, 0.15) is 5.82 Å². The van der Waals surface area contributed by atoms with Crippen LogP contribution < -0.4 is 5.32 Å². The molecule has 0 aliphatic carbocycles. The Balaban J connectivity index is 1.74. The molecule has 98 valence electrons. The second-order valence-electron chi connectivity index (χ2n) is 4.21. The summed E-state index contributed by atoms with van der Waals surface area (Å²) < 4.78 is 14.0. The van der Waals surface area contributed by atoms with E-state index in [-0.39, 0.29) is 5.82 Å². The summed E-state index contributed by atoms with van der Waals surface area (Å²) in [6.45, 7) is 2.93. The minimum absolute atomic E-state index is 0.214. The van der Waals surface area contributed by atoms with Gasteiger partial charge in [-0.1, -0.05) is 18.3 Å². The first-order valence-corrected chi connectivity index (χ1v) is 7.75. The van der Waals surface area contributed by atoms with E-state index >= 15 is 0 Å². The average Bonchev–Trinajstić information content (AvgIpc) is 3.01. The van der Waals surface area contributed by atoms with Crippen LogP contribution in [0.2, 0.25) is 0 Å². The third-order valence-corrected chi connectivity index (χ3v) is 5.04. The molecule has 0 aliphatic rings. The highest BCUT2D eigenvalue weighted by molar-refractivity contribution is 7.22. The quantitative estimate of drug-likeness (QED) is 0.755. The largest absolute Gasteiger partial charge is 0.357 e. The fraction of sp³-hybridized carbons (Fsp3) is 0.214. The van der Waals surface area contributed by atoms with Gasteiger partial charge in [0, 0.05) is 9.75 Å². The standard InChI is InChI=1S/C14H13FN2S2/c1-2-10-4-5-11(18-10)8-16-14-17-12-6-3-9(15)7-13(12)19-14/h3-7H,2,8H2,1H3,(H,16,17). The van der Waals surface area contributed by atoms with Crippen molar-refractivity contribution in [3.8, 4) is 0 Å². The van der Waals surface area contributed by atoms with Crippen molar-refractivity contribution < 1.29 is 4.39 Å². The summed E-state index contributed by atoms with van der Waals surface area (Å²) in [4.78, 5) is 7.13. The van der Waals surface area contributed by atoms with Crippen LogP contribution >= 0.6 is 22.7 Å². The second-order valence-corrected chi connectivity index (χ2v) is 6.49. The molecular weight excluding hydrogens is 279 g/mol. The third-order valence-electron chi connectivity index (χ3n) is 2.83. The van der Waals surface area contributed by atoms with E-state index in [1.807, 2.05) is 11.3 Å². The first-order chi connectivity index (χ1) is 9.24. The molecule has 1 N–H and O–H groups in total. The van der Waals surface area contributed by atoms with E-state index in [1.54, 1.807) is 6.07 Å². The Kier molecular flexibility index (Phi) is 3.48. The van der Waals surface area contributed by atoms with E-state index in [0.29, 0.717) is 0 Å². The number of halogens is 1. The highest BCUT2D eigenvalue weighted by Crippen LogP contribution is 2.27. The topological polar surface area (TPSA) is 24.9 Å². The maximum atomic E-state index is 13.1. The Morgan fingerprint density at radius 2 is 2.00 bits per heavy atom. The molecule has 0 saturated heterocycles. The van der Waals surface area contributed by atoms with Gasteiger partial charge >= 0.3 is 0 Å². The lowest BCUT2D eigenvalue weighted by molar-refractivity contribution is 0.630. The number of anilines is 1. The summed E-state index contributed by atoms with van der Waals surface area (Å²) in [6, 6.07) is 8.99. The summed E-state index contributed by atoms with van der Waals surface area (Å²) >= 11 is 3.30. The van der Waals surface area contributed by atoms with Crippen molar-refractivity contribution >= 4 is 38.0 Å². The van der Waals surface area contributed by atoms with E-state index < -0.39 is 0 Å². The van der Waals surface area contributed by atoms with Crippen molar-refractivity contribution in [2.24, 2.45) is 0 Å². The van der Waals surface area contributed by atoms with Crippen molar-refractivity contribution in [2.75, 3.05) is 5.32 Å². The normalized spacial score (nSPS) is 11.1. The molecule has 3 aromatic rings. The molecule has 0 atom stereocenters. The fourth-order valence-electron chi connectivity index (χ4n) is 1.84. The van der Waals surface area contributed by atoms with E-state index in [0.717, 1.165) is 28.3 Å². The molecule has 3 rings (SSSR count). The lowest BCUT2D eigenvalue weighted by Gasteiger charge is -1.98. The van der Waals surface area contributed by atoms with Crippen LogP contribution in [0, 0.1) is 5.82 Å². The minimum Gasteiger partial charge on any atom is -0.357 e. The van der Waals surface area contributed by atoms with Gasteiger partial charge in [0.05, 0.1) is 16.8 Å². The predicted octanol–water partition coefficient (Wildman–Crippen LogP) is 4.67. The Hall–Kier alpha value is -1.46. The highest BCUT2D eigenvalue weighted by Gasteiger charge is 2.05. The molecule has 0 bridgehead atoms. The summed E-state index contributed by atoms with van der Waals surface area (Å²) in [5, 5.41) is 4.14. The molecule has 1 aromatic carbocycles. The van der Waals surface area contributed by atoms with Crippen molar-refractivity contribution in [1.29, 1.82) is 0 Å². The van der Waals surface area contributed by atoms with Crippen LogP contribution in [0.25, 0.3) is 10.2 Å². The molecule has 5 heteroatoms. The molecule has 0 amide bonds. The van der Waals surface area contributed by atoms with Crippen molar-refractivity contribution in [3.63, 3.8) is 0 Å². The molecule has 2 nitrogen and oxygen atoms in total. The first-order valence-electron chi connectivity index (χ1n) is 6.12. The van der Waals surface area contributed by atoms with Gasteiger partial charge in [-0.3, -0.25) is 0 Å². The lowest BCUT2D eigenvalue weighted by atomic mass is 10.3. The molecule has 2 aromatic heterocycles. The number of fused-ring (bicyclic) bond motifs is 1. The fourth-order valence-corrected chi connectivity index (χ4v) is 3.63. The number of rotatable bonds is 4. The number of nitrogens with zero attached hydrogens (tertiary/aromatic N) is 1. The Morgan fingerprint density at radius 1 is 1.16 bits per heavy atom. The Bertz CT molecular complexity index is 702. The van der Waals surface area contributed by atoms with Gasteiger partial charge in [-0.15, -0.1) is 11.3 Å². The number of hydrogen-bond acceptors (Lipinski definition) is 4. The maximum Gasteiger partial charge on any atom is 0.184 e. The Labute approximate surface area is 118 Å². The molecule has 19 heavy (non-hydrogen) atoms. The summed E-state index contributed by atoms with van der Waals surface area (Å²) in [5.41, 5.74) is 0.842. The van der Waals surface area contributed by atoms with Crippen LogP contribution in [0.4, 0.5) is 9.52 Å². The predicted molar refractivity (Wildman–Crippen MR) is 80.6 cm³/mol. The summed E-state index contributed by atoms with van der Waals surface area (Å²) in [7, 11) is 0. The summed E-state index contributed by atoms with van der Waals surface area (Å²) in [5.74, 6) is -0.214. The number of benzene rings is 1. The van der Waals surface area contributed by atoms with Crippen LogP contribution in [-0.4, -0.2) is 4.98 Å². The molecule has 0 saturated carbocycles. The molecule has 0 spiro atoms. The number of nitrogens with one attached hydrogen (secondary N) is 1. The van der Waals surface area contributed by atoms with Crippen molar-refractivity contribution in [1.82, 2.24) is 4.98 Å². The number of aryl methyl sites for hydroxylation is 1. The van der Waals surface area contributed by atoms with Gasteiger partial charge in [-0.2, -0.15) is 0 Å². The van der Waals surface area contributed by atoms with Crippen LogP contribution in [0.5, 0.6) is 0 Å². The van der Waals surface area contributed by atoms with Gasteiger partial charge < -0.3 is 5.32 Å². The number of thiazole rings is 1. The van der Waals surface area contributed by atoms with Gasteiger partial charge in [0.2, 0.25) is 0 Å². The molecule has 0 aliphatic heterocycles. The van der Waals surface area contributed by atoms with E-state index in [9.17, 15) is 4.39 Å². The Morgan fingerprint density at radius 3 is 2.79 bits per heavy atom. The van der Waals surface area contributed by atoms with Crippen LogP contribution in [0.3, 0.4) is 0 Å². The zero-order valence-electron chi connectivity index (χ0n) is 10.4. The van der Waals surface area contributed by atoms with Crippen LogP contribution in [0.1, 0.15) is 16.7 Å². The monoisotopic (exact) mass is 292 g/mol.